The second kappa shape index (κ2) is 5.09. The zero-order valence-electron chi connectivity index (χ0n) is 10.9. The summed E-state index contributed by atoms with van der Waals surface area (Å²) in [6, 6.07) is 2.59. The number of carbonyl (C=O) groups is 1. The Bertz CT molecular complexity index is 599. The molecular weight excluding hydrogens is 282 g/mol. The number of hydrogen-bond donors (Lipinski definition) is 2. The minimum Gasteiger partial charge on any atom is -0.481 e. The van der Waals surface area contributed by atoms with Crippen LogP contribution in [0.25, 0.3) is 0 Å². The van der Waals surface area contributed by atoms with E-state index in [0.29, 0.717) is 12.8 Å². The van der Waals surface area contributed by atoms with Crippen LogP contribution < -0.4 is 5.73 Å². The summed E-state index contributed by atoms with van der Waals surface area (Å²) in [6.45, 7) is 0. The van der Waals surface area contributed by atoms with Crippen molar-refractivity contribution in [2.45, 2.75) is 25.3 Å². The number of nitro groups is 2. The molecule has 3 N–H and O–H groups in total. The summed E-state index contributed by atoms with van der Waals surface area (Å²) in [4.78, 5) is 31.6. The lowest BCUT2D eigenvalue weighted by atomic mass is 9.61. The first-order chi connectivity index (χ1) is 9.76. The van der Waals surface area contributed by atoms with Gasteiger partial charge >= 0.3 is 5.97 Å². The van der Waals surface area contributed by atoms with Gasteiger partial charge in [-0.15, -0.1) is 0 Å². The summed E-state index contributed by atoms with van der Waals surface area (Å²) in [5, 5.41) is 31.0. The fourth-order valence-corrected chi connectivity index (χ4v) is 2.55. The van der Waals surface area contributed by atoms with Gasteiger partial charge in [0.05, 0.1) is 21.3 Å². The number of rotatable bonds is 5. The molecule has 1 aromatic carbocycles. The fraction of sp³-hybridized carbons (Fsp3) is 0.417. The van der Waals surface area contributed by atoms with Crippen molar-refractivity contribution in [3.05, 3.63) is 44.0 Å². The molecule has 0 saturated heterocycles. The third kappa shape index (κ3) is 2.55. The maximum absolute atomic E-state index is 11.4. The van der Waals surface area contributed by atoms with E-state index < -0.39 is 38.6 Å². The summed E-state index contributed by atoms with van der Waals surface area (Å²) in [7, 11) is 0. The molecule has 2 unspecified atom stereocenters. The lowest BCUT2D eigenvalue weighted by Gasteiger charge is -2.44. The van der Waals surface area contributed by atoms with Crippen LogP contribution in [0.15, 0.2) is 18.2 Å². The van der Waals surface area contributed by atoms with Crippen molar-refractivity contribution in [2.75, 3.05) is 0 Å². The van der Waals surface area contributed by atoms with Gasteiger partial charge in [0.25, 0.3) is 11.4 Å². The van der Waals surface area contributed by atoms with Crippen LogP contribution in [0.2, 0.25) is 0 Å². The highest BCUT2D eigenvalue weighted by atomic mass is 16.6. The molecule has 1 aliphatic rings. The normalized spacial score (nSPS) is 24.1. The molecule has 0 heterocycles. The smallest absolute Gasteiger partial charge is 0.311 e. The molecule has 21 heavy (non-hydrogen) atoms. The highest BCUT2D eigenvalue weighted by Crippen LogP contribution is 2.43. The largest absolute Gasteiger partial charge is 0.481 e. The highest BCUT2D eigenvalue weighted by molar-refractivity contribution is 5.77. The Morgan fingerprint density at radius 3 is 2.10 bits per heavy atom. The first-order valence-electron chi connectivity index (χ1n) is 6.18. The molecule has 0 radical (unpaired) electrons. The Kier molecular flexibility index (Phi) is 3.60. The minimum atomic E-state index is -1.21. The van der Waals surface area contributed by atoms with Crippen molar-refractivity contribution >= 4 is 17.3 Å². The molecule has 112 valence electrons. The number of non-ortho nitro benzene ring substituents is 2. The van der Waals surface area contributed by atoms with Gasteiger partial charge in [-0.3, -0.25) is 25.0 Å². The zero-order chi connectivity index (χ0) is 15.8. The van der Waals surface area contributed by atoms with Gasteiger partial charge < -0.3 is 10.8 Å². The predicted molar refractivity (Wildman–Crippen MR) is 70.7 cm³/mol. The second-order valence-corrected chi connectivity index (χ2v) is 5.16. The molecule has 2 rings (SSSR count). The van der Waals surface area contributed by atoms with Crippen LogP contribution in [0, 0.1) is 25.6 Å². The number of aliphatic carboxylic acids is 1. The molecule has 9 heteroatoms. The summed E-state index contributed by atoms with van der Waals surface area (Å²) in [5.74, 6) is -1.09. The van der Waals surface area contributed by atoms with E-state index in [1.165, 1.54) is 0 Å². The quantitative estimate of drug-likeness (QED) is 0.612. The lowest BCUT2D eigenvalue weighted by Crippen LogP contribution is -2.56. The minimum absolute atomic E-state index is 0.0635. The van der Waals surface area contributed by atoms with E-state index in [-0.39, 0.29) is 12.0 Å². The van der Waals surface area contributed by atoms with Crippen LogP contribution in [0.1, 0.15) is 18.4 Å². The van der Waals surface area contributed by atoms with Gasteiger partial charge in [-0.25, -0.2) is 0 Å². The van der Waals surface area contributed by atoms with Gasteiger partial charge in [-0.05, 0) is 24.8 Å². The molecule has 0 aliphatic heterocycles. The molecule has 0 spiro atoms. The van der Waals surface area contributed by atoms with Gasteiger partial charge in [0.1, 0.15) is 0 Å². The van der Waals surface area contributed by atoms with E-state index in [1.54, 1.807) is 0 Å². The number of hydrogen-bond acceptors (Lipinski definition) is 6. The van der Waals surface area contributed by atoms with Crippen LogP contribution in [-0.4, -0.2) is 27.0 Å². The number of carboxylic acids is 1. The Morgan fingerprint density at radius 2 is 1.81 bits per heavy atom. The Hall–Kier alpha value is -2.55. The summed E-state index contributed by atoms with van der Waals surface area (Å²) >= 11 is 0. The molecule has 0 bridgehead atoms. The summed E-state index contributed by atoms with van der Waals surface area (Å²) < 4.78 is 0. The van der Waals surface area contributed by atoms with Crippen molar-refractivity contribution in [2.24, 2.45) is 11.1 Å². The van der Waals surface area contributed by atoms with Crippen molar-refractivity contribution in [3.8, 4) is 0 Å². The second-order valence-electron chi connectivity index (χ2n) is 5.16. The predicted octanol–water partition coefficient (Wildman–Crippen LogP) is 1.24. The van der Waals surface area contributed by atoms with Gasteiger partial charge in [0.2, 0.25) is 0 Å². The first-order valence-corrected chi connectivity index (χ1v) is 6.18. The Morgan fingerprint density at radius 1 is 1.29 bits per heavy atom. The van der Waals surface area contributed by atoms with Crippen molar-refractivity contribution in [1.82, 2.24) is 0 Å². The molecule has 2 atom stereocenters. The van der Waals surface area contributed by atoms with Crippen LogP contribution in [0.5, 0.6) is 0 Å². The van der Waals surface area contributed by atoms with Crippen molar-refractivity contribution < 1.29 is 19.7 Å². The van der Waals surface area contributed by atoms with E-state index in [9.17, 15) is 30.1 Å². The van der Waals surface area contributed by atoms with E-state index in [2.05, 4.69) is 0 Å². The average molecular weight is 295 g/mol. The maximum Gasteiger partial charge on any atom is 0.311 e. The van der Waals surface area contributed by atoms with Crippen molar-refractivity contribution in [1.29, 1.82) is 0 Å². The van der Waals surface area contributed by atoms with Crippen LogP contribution in [0.3, 0.4) is 0 Å². The number of nitrogens with zero attached hydrogens (tertiary/aromatic N) is 2. The van der Waals surface area contributed by atoms with Gasteiger partial charge in [-0.2, -0.15) is 0 Å². The van der Waals surface area contributed by atoms with E-state index in [1.807, 2.05) is 0 Å². The zero-order valence-corrected chi connectivity index (χ0v) is 10.9. The topological polar surface area (TPSA) is 150 Å². The van der Waals surface area contributed by atoms with Crippen LogP contribution in [-0.2, 0) is 11.2 Å². The molecular formula is C12H13N3O6. The highest BCUT2D eigenvalue weighted by Gasteiger charge is 2.51. The van der Waals surface area contributed by atoms with E-state index >= 15 is 0 Å². The number of carboxylic acid groups (broad SMARTS) is 1. The third-order valence-electron chi connectivity index (χ3n) is 3.94. The number of nitro benzene ring substituents is 2. The van der Waals surface area contributed by atoms with Crippen LogP contribution in [0.4, 0.5) is 11.4 Å². The average Bonchev–Trinajstić information content (AvgIpc) is 2.42. The Labute approximate surface area is 118 Å². The van der Waals surface area contributed by atoms with Gasteiger partial charge in [0, 0.05) is 18.2 Å². The SMILES string of the molecule is NC1CCC1(Cc1cc([N+](=O)[O-])cc([N+](=O)[O-])c1)C(=O)O. The Balaban J connectivity index is 2.41. The van der Waals surface area contributed by atoms with Crippen LogP contribution >= 0.6 is 0 Å². The molecule has 1 aliphatic carbocycles. The number of nitrogens with two attached hydrogens (primary N) is 1. The summed E-state index contributed by atoms with van der Waals surface area (Å²) in [5.41, 5.74) is 3.90. The molecule has 0 aromatic heterocycles. The van der Waals surface area contributed by atoms with E-state index in [0.717, 1.165) is 18.2 Å². The molecule has 1 aromatic rings. The lowest BCUT2D eigenvalue weighted by molar-refractivity contribution is -0.394. The van der Waals surface area contributed by atoms with Crippen molar-refractivity contribution in [3.63, 3.8) is 0 Å². The first kappa shape index (κ1) is 14.9. The fourth-order valence-electron chi connectivity index (χ4n) is 2.55. The van der Waals surface area contributed by atoms with E-state index in [4.69, 9.17) is 5.73 Å². The molecule has 0 amide bonds. The molecule has 1 saturated carbocycles. The third-order valence-corrected chi connectivity index (χ3v) is 3.94. The monoisotopic (exact) mass is 295 g/mol. The maximum atomic E-state index is 11.4. The number of benzene rings is 1. The molecule has 9 nitrogen and oxygen atoms in total. The molecule has 1 fully saturated rings. The standard InChI is InChI=1S/C12H13N3O6/c13-10-1-2-12(10,11(16)17)6-7-3-8(14(18)19)5-9(4-7)15(20)21/h3-5,10H,1-2,6,13H2,(H,16,17). The van der Waals surface area contributed by atoms with Gasteiger partial charge in [-0.1, -0.05) is 0 Å². The van der Waals surface area contributed by atoms with Gasteiger partial charge in [0.15, 0.2) is 0 Å². The summed E-state index contributed by atoms with van der Waals surface area (Å²) in [6.07, 6.45) is 0.829.